The summed E-state index contributed by atoms with van der Waals surface area (Å²) in [5.74, 6) is -0.235. The number of fused-ring (bicyclic) bond motifs is 1. The van der Waals surface area contributed by atoms with Crippen LogP contribution in [-0.4, -0.2) is 63.4 Å². The first kappa shape index (κ1) is 21.8. The molecule has 1 aliphatic heterocycles. The van der Waals surface area contributed by atoms with E-state index in [2.05, 4.69) is 25.5 Å². The lowest BCUT2D eigenvalue weighted by Crippen LogP contribution is -2.54. The van der Waals surface area contributed by atoms with E-state index in [1.807, 2.05) is 11.0 Å². The Morgan fingerprint density at radius 2 is 2.06 bits per heavy atom. The number of anilines is 2. The zero-order valence-electron chi connectivity index (χ0n) is 17.3. The van der Waals surface area contributed by atoms with E-state index in [1.54, 1.807) is 12.4 Å². The third-order valence-corrected chi connectivity index (χ3v) is 5.48. The largest absolute Gasteiger partial charge is 0.416 e. The molecule has 0 aromatic carbocycles. The number of aryl methyl sites for hydroxylation is 1. The molecule has 3 aromatic heterocycles. The molecular weight excluding hydrogens is 430 g/mol. The molecule has 0 bridgehead atoms. The van der Waals surface area contributed by atoms with Crippen LogP contribution < -0.4 is 10.2 Å². The first-order valence-electron chi connectivity index (χ1n) is 9.89. The molecule has 1 aliphatic rings. The maximum absolute atomic E-state index is 15.0. The van der Waals surface area contributed by atoms with Gasteiger partial charge in [-0.1, -0.05) is 0 Å². The molecule has 2 atom stereocenters. The van der Waals surface area contributed by atoms with E-state index >= 15 is 4.39 Å². The molecule has 0 radical (unpaired) electrons. The van der Waals surface area contributed by atoms with Gasteiger partial charge in [0, 0.05) is 24.7 Å². The highest BCUT2D eigenvalue weighted by molar-refractivity contribution is 5.88. The molecule has 4 rings (SSSR count). The molecule has 170 valence electrons. The van der Waals surface area contributed by atoms with Gasteiger partial charge in [-0.25, -0.2) is 19.2 Å². The van der Waals surface area contributed by atoms with Crippen LogP contribution in [0.25, 0.3) is 11.0 Å². The van der Waals surface area contributed by atoms with Gasteiger partial charge >= 0.3 is 12.2 Å². The summed E-state index contributed by atoms with van der Waals surface area (Å²) in [4.78, 5) is 23.8. The van der Waals surface area contributed by atoms with Gasteiger partial charge in [-0.3, -0.25) is 10.4 Å². The lowest BCUT2D eigenvalue weighted by molar-refractivity contribution is -0.137. The topological polar surface area (TPSA) is 90.0 Å². The number of urea groups is 1. The Kier molecular flexibility index (Phi) is 5.61. The molecule has 12 heteroatoms. The molecule has 2 N–H and O–H groups in total. The van der Waals surface area contributed by atoms with Crippen LogP contribution >= 0.6 is 0 Å². The number of amides is 2. The predicted octanol–water partition coefficient (Wildman–Crippen LogP) is 3.76. The van der Waals surface area contributed by atoms with Crippen LogP contribution in [0, 0.1) is 6.92 Å². The van der Waals surface area contributed by atoms with Crippen LogP contribution in [0.2, 0.25) is 0 Å². The first-order valence-corrected chi connectivity index (χ1v) is 9.89. The molecule has 8 nitrogen and oxygen atoms in total. The van der Waals surface area contributed by atoms with Crippen molar-refractivity contribution in [2.24, 2.45) is 0 Å². The van der Waals surface area contributed by atoms with Gasteiger partial charge in [0.1, 0.15) is 12.0 Å². The molecule has 4 heterocycles. The van der Waals surface area contributed by atoms with Crippen LogP contribution in [0.1, 0.15) is 17.7 Å². The second kappa shape index (κ2) is 8.24. The number of hydrogen-bond acceptors (Lipinski definition) is 5. The van der Waals surface area contributed by atoms with Gasteiger partial charge in [0.25, 0.3) is 0 Å². The van der Waals surface area contributed by atoms with E-state index in [4.69, 9.17) is 0 Å². The third kappa shape index (κ3) is 4.43. The summed E-state index contributed by atoms with van der Waals surface area (Å²) in [6.45, 7) is 1.93. The van der Waals surface area contributed by atoms with Crippen molar-refractivity contribution < 1.29 is 22.4 Å². The lowest BCUT2D eigenvalue weighted by Gasteiger charge is -2.39. The summed E-state index contributed by atoms with van der Waals surface area (Å²) in [7, 11) is 1.42. The van der Waals surface area contributed by atoms with Gasteiger partial charge < -0.3 is 9.80 Å². The fourth-order valence-electron chi connectivity index (χ4n) is 3.81. The summed E-state index contributed by atoms with van der Waals surface area (Å²) >= 11 is 0. The highest BCUT2D eigenvalue weighted by Gasteiger charge is 2.35. The number of halogens is 4. The Bertz CT molecular complexity index is 1130. The van der Waals surface area contributed by atoms with Crippen molar-refractivity contribution in [2.75, 3.05) is 30.4 Å². The summed E-state index contributed by atoms with van der Waals surface area (Å²) in [5.41, 5.74) is 0.575. The number of pyridine rings is 2. The lowest BCUT2D eigenvalue weighted by atomic mass is 10.0. The van der Waals surface area contributed by atoms with Crippen LogP contribution in [0.3, 0.4) is 0 Å². The van der Waals surface area contributed by atoms with Gasteiger partial charge in [0.2, 0.25) is 0 Å². The number of carbonyl (C=O) groups is 1. The van der Waals surface area contributed by atoms with Crippen molar-refractivity contribution in [1.82, 2.24) is 25.1 Å². The number of piperidine rings is 1. The number of alkyl halides is 4. The van der Waals surface area contributed by atoms with Crippen molar-refractivity contribution in [2.45, 2.75) is 31.7 Å². The molecule has 0 unspecified atom stereocenters. The second-order valence-corrected chi connectivity index (χ2v) is 7.74. The minimum absolute atomic E-state index is 0.0498. The van der Waals surface area contributed by atoms with E-state index in [1.165, 1.54) is 18.9 Å². The molecule has 3 aromatic rings. The Morgan fingerprint density at radius 1 is 1.28 bits per heavy atom. The number of nitrogens with one attached hydrogen (secondary N) is 2. The zero-order valence-corrected chi connectivity index (χ0v) is 17.3. The number of aromatic nitrogens is 4. The molecule has 32 heavy (non-hydrogen) atoms. The predicted molar refractivity (Wildman–Crippen MR) is 110 cm³/mol. The summed E-state index contributed by atoms with van der Waals surface area (Å²) in [6.07, 6.45) is -2.33. The normalized spacial score (nSPS) is 19.2. The van der Waals surface area contributed by atoms with Crippen LogP contribution in [0.15, 0.2) is 30.6 Å². The Hall–Kier alpha value is -3.44. The number of rotatable bonds is 3. The number of hydrogen-bond donors (Lipinski definition) is 2. The number of carbonyl (C=O) groups excluding carboxylic acids is 1. The maximum atomic E-state index is 15.0. The van der Waals surface area contributed by atoms with E-state index in [0.29, 0.717) is 18.6 Å². The van der Waals surface area contributed by atoms with E-state index < -0.39 is 30.0 Å². The maximum Gasteiger partial charge on any atom is 0.416 e. The SMILES string of the molecule is Cc1cc(C(F)(F)F)cc(NC(=O)N(C)[C@@H]2CCN(c3cnc4[nH]ncc4c3)C[C@@H]2F)n1. The number of aromatic amines is 1. The van der Waals surface area contributed by atoms with Crippen molar-refractivity contribution in [1.29, 1.82) is 0 Å². The second-order valence-electron chi connectivity index (χ2n) is 7.74. The van der Waals surface area contributed by atoms with E-state index in [-0.39, 0.29) is 18.1 Å². The Balaban J connectivity index is 1.42. The van der Waals surface area contributed by atoms with Gasteiger partial charge in [-0.05, 0) is 31.5 Å². The molecule has 2 amide bonds. The van der Waals surface area contributed by atoms with Crippen LogP contribution in [-0.2, 0) is 6.18 Å². The third-order valence-electron chi connectivity index (χ3n) is 5.48. The summed E-state index contributed by atoms with van der Waals surface area (Å²) < 4.78 is 54.1. The van der Waals surface area contributed by atoms with E-state index in [0.717, 1.165) is 23.2 Å². The fraction of sp³-hybridized carbons (Fsp3) is 0.400. The fourth-order valence-corrected chi connectivity index (χ4v) is 3.81. The monoisotopic (exact) mass is 451 g/mol. The van der Waals surface area contributed by atoms with E-state index in [9.17, 15) is 18.0 Å². The summed E-state index contributed by atoms with van der Waals surface area (Å²) in [5, 5.41) is 9.83. The van der Waals surface area contributed by atoms with Crippen molar-refractivity contribution >= 4 is 28.6 Å². The number of nitrogens with zero attached hydrogens (tertiary/aromatic N) is 5. The average molecular weight is 451 g/mol. The average Bonchev–Trinajstić information content (AvgIpc) is 3.20. The smallest absolute Gasteiger partial charge is 0.367 e. The van der Waals surface area contributed by atoms with Gasteiger partial charge in [0.05, 0.1) is 36.2 Å². The van der Waals surface area contributed by atoms with Gasteiger partial charge in [0.15, 0.2) is 5.65 Å². The Morgan fingerprint density at radius 3 is 2.78 bits per heavy atom. The van der Waals surface area contributed by atoms with Crippen molar-refractivity contribution in [3.05, 3.63) is 41.9 Å². The molecule has 0 spiro atoms. The zero-order chi connectivity index (χ0) is 23.0. The minimum atomic E-state index is -4.57. The standard InChI is InChI=1S/C20H21F4N7O/c1-11-5-13(20(22,23)24)7-17(27-11)28-19(32)30(2)16-3-4-31(10-15(16)21)14-6-12-8-26-29-18(12)25-9-14/h5-9,15-16H,3-4,10H2,1-2H3,(H,25,26,29)(H,27,28,32)/t15-,16+/m0/s1. The molecule has 1 fully saturated rings. The highest BCUT2D eigenvalue weighted by atomic mass is 19.4. The Labute approximate surface area is 180 Å². The molecule has 0 saturated carbocycles. The van der Waals surface area contributed by atoms with Crippen LogP contribution in [0.4, 0.5) is 33.9 Å². The molecule has 1 saturated heterocycles. The molecule has 0 aliphatic carbocycles. The summed E-state index contributed by atoms with van der Waals surface area (Å²) in [6, 6.07) is 2.05. The van der Waals surface area contributed by atoms with Crippen LogP contribution in [0.5, 0.6) is 0 Å². The number of H-pyrrole nitrogens is 1. The van der Waals surface area contributed by atoms with Gasteiger partial charge in [-0.2, -0.15) is 18.3 Å². The quantitative estimate of drug-likeness (QED) is 0.592. The minimum Gasteiger partial charge on any atom is -0.367 e. The first-order chi connectivity index (χ1) is 15.1. The van der Waals surface area contributed by atoms with Gasteiger partial charge in [-0.15, -0.1) is 0 Å². The van der Waals surface area contributed by atoms with Crippen molar-refractivity contribution in [3.63, 3.8) is 0 Å². The molecular formula is C20H21F4N7O. The highest BCUT2D eigenvalue weighted by Crippen LogP contribution is 2.31. The van der Waals surface area contributed by atoms with Crippen molar-refractivity contribution in [3.8, 4) is 0 Å².